The van der Waals surface area contributed by atoms with Gasteiger partial charge in [-0.1, -0.05) is 41.4 Å². The maximum absolute atomic E-state index is 13.9. The van der Waals surface area contributed by atoms with Gasteiger partial charge in [0.1, 0.15) is 22.2 Å². The number of hydrogen-bond acceptors (Lipinski definition) is 8. The van der Waals surface area contributed by atoms with E-state index >= 15 is 0 Å². The van der Waals surface area contributed by atoms with Gasteiger partial charge in [0.15, 0.2) is 23.9 Å². The number of methoxy groups -OCH3 is 1. The number of nitrogens with zero attached hydrogens (tertiary/aromatic N) is 1. The van der Waals surface area contributed by atoms with Crippen molar-refractivity contribution in [3.05, 3.63) is 76.0 Å². The van der Waals surface area contributed by atoms with Crippen LogP contribution in [0.5, 0.6) is 17.2 Å². The van der Waals surface area contributed by atoms with E-state index in [0.717, 1.165) is 25.7 Å². The van der Waals surface area contributed by atoms with Crippen LogP contribution in [0.1, 0.15) is 55.8 Å². The second-order valence-corrected chi connectivity index (χ2v) is 13.4. The number of H-pyrrole nitrogens is 1. The van der Waals surface area contributed by atoms with E-state index in [4.69, 9.17) is 42.1 Å². The average molecular weight is 652 g/mol. The molecule has 1 saturated heterocycles. The molecule has 230 valence electrons. The van der Waals surface area contributed by atoms with Crippen LogP contribution in [-0.2, 0) is 26.0 Å². The molecule has 3 aromatic rings. The van der Waals surface area contributed by atoms with Crippen LogP contribution < -0.4 is 19.2 Å². The fourth-order valence-electron chi connectivity index (χ4n) is 5.97. The molecule has 2 fully saturated rings. The molecule has 0 amide bonds. The Balaban J connectivity index is 0.00000368. The maximum atomic E-state index is 13.9. The Morgan fingerprint density at radius 1 is 1.05 bits per heavy atom. The molecule has 2 N–H and O–H groups in total. The van der Waals surface area contributed by atoms with Crippen molar-refractivity contribution in [3.8, 4) is 17.2 Å². The highest BCUT2D eigenvalue weighted by atomic mass is 35.5. The molecular weight excluding hydrogens is 619 g/mol. The van der Waals surface area contributed by atoms with Gasteiger partial charge in [-0.3, -0.25) is 4.79 Å². The minimum Gasteiger partial charge on any atom is -0.870 e. The number of fused-ring (bicyclic) bond motifs is 1. The first kappa shape index (κ1) is 31.3. The summed E-state index contributed by atoms with van der Waals surface area (Å²) in [5.41, 5.74) is 1.12. The van der Waals surface area contributed by atoms with Crippen molar-refractivity contribution >= 4 is 39.2 Å². The van der Waals surface area contributed by atoms with Crippen LogP contribution >= 0.6 is 23.2 Å². The molecule has 6 rings (SSSR count). The Morgan fingerprint density at radius 3 is 2.40 bits per heavy atom. The number of ether oxygens (including phenoxy) is 4. The summed E-state index contributed by atoms with van der Waals surface area (Å²) >= 11 is 13.0. The van der Waals surface area contributed by atoms with E-state index in [2.05, 4.69) is 4.98 Å². The zero-order chi connectivity index (χ0) is 29.5. The van der Waals surface area contributed by atoms with Gasteiger partial charge >= 0.3 is 5.97 Å². The fourth-order valence-corrected chi connectivity index (χ4v) is 8.17. The fraction of sp³-hybridized carbons (Fsp3) is 0.400. The number of pyridine rings is 1. The number of esters is 1. The zero-order valence-corrected chi connectivity index (χ0v) is 25.8. The van der Waals surface area contributed by atoms with Gasteiger partial charge in [0.05, 0.1) is 12.0 Å². The van der Waals surface area contributed by atoms with Crippen molar-refractivity contribution in [2.24, 2.45) is 0 Å². The Labute approximate surface area is 260 Å². The summed E-state index contributed by atoms with van der Waals surface area (Å²) in [5.74, 6) is -0.0760. The van der Waals surface area contributed by atoms with Gasteiger partial charge in [-0.15, -0.1) is 0 Å². The summed E-state index contributed by atoms with van der Waals surface area (Å²) in [6.45, 7) is 0.214. The molecule has 1 aliphatic carbocycles. The molecule has 3 heterocycles. The van der Waals surface area contributed by atoms with Gasteiger partial charge in [-0.05, 0) is 49.9 Å². The first-order chi connectivity index (χ1) is 20.2. The van der Waals surface area contributed by atoms with Crippen molar-refractivity contribution in [3.63, 3.8) is 0 Å². The zero-order valence-electron chi connectivity index (χ0n) is 23.4. The number of nitrogens with one attached hydrogen (secondary N) is 1. The van der Waals surface area contributed by atoms with Crippen LogP contribution in [0.3, 0.4) is 0 Å². The Bertz CT molecular complexity index is 1580. The summed E-state index contributed by atoms with van der Waals surface area (Å²) < 4.78 is 52.8. The summed E-state index contributed by atoms with van der Waals surface area (Å²) in [7, 11) is -2.36. The second-order valence-electron chi connectivity index (χ2n) is 10.7. The number of sulfonamides is 1. The standard InChI is InChI=1S/C30H30Cl2N2O7S.H2O/c1-38-25-12-11-20(27-28(25)41-30(40-27)13-5-6-14-30)26(16-21-22(31)17-33-18-23(21)32)39-29(35)24-10-7-15-34(24)42(36,37)19-8-3-2-4-9-19;/h2-4,8-9,11-12,17-18,24,26H,5-7,10,13-16H2,1H3;1H2/t24-,26-;/m0./s1. The monoisotopic (exact) mass is 650 g/mol. The van der Waals surface area contributed by atoms with Gasteiger partial charge < -0.3 is 24.4 Å². The first-order valence-electron chi connectivity index (χ1n) is 13.9. The third-order valence-electron chi connectivity index (χ3n) is 8.08. The molecule has 1 aromatic heterocycles. The van der Waals surface area contributed by atoms with Crippen LogP contribution in [0.15, 0.2) is 59.8 Å². The molecular formula is C30H32Cl2N2O8S. The molecule has 0 unspecified atom stereocenters. The topological polar surface area (TPSA) is 136 Å². The number of aromatic amines is 1. The quantitative estimate of drug-likeness (QED) is 0.297. The Morgan fingerprint density at radius 2 is 1.72 bits per heavy atom. The molecule has 1 spiro atoms. The van der Waals surface area contributed by atoms with Crippen molar-refractivity contribution in [1.29, 1.82) is 0 Å². The van der Waals surface area contributed by atoms with Crippen LogP contribution in [-0.4, -0.2) is 49.7 Å². The highest BCUT2D eigenvalue weighted by molar-refractivity contribution is 7.89. The van der Waals surface area contributed by atoms with Crippen LogP contribution in [0.2, 0.25) is 10.0 Å². The third-order valence-corrected chi connectivity index (χ3v) is 10.7. The summed E-state index contributed by atoms with van der Waals surface area (Å²) in [6, 6.07) is 10.6. The summed E-state index contributed by atoms with van der Waals surface area (Å²) in [4.78, 5) is 16.9. The number of carbonyl (C=O) groups is 1. The summed E-state index contributed by atoms with van der Waals surface area (Å²) in [5, 5.41) is 0.736. The van der Waals surface area contributed by atoms with Crippen molar-refractivity contribution in [2.75, 3.05) is 13.7 Å². The molecule has 2 atom stereocenters. The van der Waals surface area contributed by atoms with Gasteiger partial charge in [0, 0.05) is 36.9 Å². The predicted molar refractivity (Wildman–Crippen MR) is 156 cm³/mol. The van der Waals surface area contributed by atoms with E-state index in [1.165, 1.54) is 16.4 Å². The molecule has 13 heteroatoms. The number of rotatable bonds is 8. The maximum Gasteiger partial charge on any atom is 0.325 e. The molecule has 2 aliphatic heterocycles. The minimum absolute atomic E-state index is 0. The van der Waals surface area contributed by atoms with Gasteiger partial charge in [-0.2, -0.15) is 4.31 Å². The van der Waals surface area contributed by atoms with Crippen molar-refractivity contribution in [1.82, 2.24) is 4.31 Å². The Kier molecular flexibility index (Phi) is 9.10. The van der Waals surface area contributed by atoms with Gasteiger partial charge in [0.2, 0.25) is 15.8 Å². The lowest BCUT2D eigenvalue weighted by molar-refractivity contribution is -0.377. The van der Waals surface area contributed by atoms with E-state index in [-0.39, 0.29) is 23.3 Å². The van der Waals surface area contributed by atoms with Crippen molar-refractivity contribution in [2.45, 2.75) is 67.8 Å². The SMILES string of the molecule is COc1ccc([C@H](Cc2c(Cl)c[nH+]cc2Cl)OC(=O)[C@@H]2CCCN2S(=O)(=O)c2ccccc2)c2c1OC1(CCCC1)O2.[OH-]. The lowest BCUT2D eigenvalue weighted by Gasteiger charge is -2.27. The number of halogens is 2. The van der Waals surface area contributed by atoms with E-state index in [0.29, 0.717) is 51.3 Å². The lowest BCUT2D eigenvalue weighted by Crippen LogP contribution is -2.41. The Hall–Kier alpha value is -3.09. The molecule has 0 bridgehead atoms. The molecule has 10 nitrogen and oxygen atoms in total. The molecule has 1 saturated carbocycles. The largest absolute Gasteiger partial charge is 0.870 e. The van der Waals surface area contributed by atoms with Crippen LogP contribution in [0.4, 0.5) is 0 Å². The number of carbonyl (C=O) groups excluding carboxylic acids is 1. The third kappa shape index (κ3) is 5.88. The van der Waals surface area contributed by atoms with Gasteiger partial charge in [0.25, 0.3) is 5.79 Å². The van der Waals surface area contributed by atoms with Crippen LogP contribution in [0.25, 0.3) is 0 Å². The molecule has 0 radical (unpaired) electrons. The van der Waals surface area contributed by atoms with E-state index in [1.807, 2.05) is 0 Å². The smallest absolute Gasteiger partial charge is 0.325 e. The molecule has 43 heavy (non-hydrogen) atoms. The van der Waals surface area contributed by atoms with Crippen molar-refractivity contribution < 1.29 is 42.6 Å². The highest BCUT2D eigenvalue weighted by Crippen LogP contribution is 2.54. The second kappa shape index (κ2) is 12.5. The van der Waals surface area contributed by atoms with Gasteiger partial charge in [-0.25, -0.2) is 13.4 Å². The predicted octanol–water partition coefficient (Wildman–Crippen LogP) is 5.36. The van der Waals surface area contributed by atoms with Crippen LogP contribution in [0, 0.1) is 0 Å². The van der Waals surface area contributed by atoms with E-state index in [9.17, 15) is 13.2 Å². The number of benzene rings is 2. The minimum atomic E-state index is -3.91. The first-order valence-corrected chi connectivity index (χ1v) is 16.1. The highest BCUT2D eigenvalue weighted by Gasteiger charge is 2.48. The number of aromatic nitrogens is 1. The average Bonchev–Trinajstić information content (AvgIpc) is 3.75. The van der Waals surface area contributed by atoms with E-state index in [1.54, 1.807) is 49.8 Å². The molecule has 2 aromatic carbocycles. The lowest BCUT2D eigenvalue weighted by atomic mass is 10.00. The number of hydrogen-bond donors (Lipinski definition) is 0. The summed E-state index contributed by atoms with van der Waals surface area (Å²) in [6.07, 6.45) is 6.61. The molecule has 3 aliphatic rings. The normalized spacial score (nSPS) is 19.7. The van der Waals surface area contributed by atoms with E-state index < -0.39 is 33.9 Å².